The molecule has 0 fully saturated rings. The van der Waals surface area contributed by atoms with Gasteiger partial charge < -0.3 is 39.7 Å². The van der Waals surface area contributed by atoms with Crippen molar-refractivity contribution >= 4 is 92.9 Å². The van der Waals surface area contributed by atoms with Crippen molar-refractivity contribution in [1.29, 1.82) is 0 Å². The number of fused-ring (bicyclic) bond motifs is 1. The van der Waals surface area contributed by atoms with Crippen LogP contribution in [-0.4, -0.2) is 115 Å². The number of aromatic nitrogens is 2. The van der Waals surface area contributed by atoms with Gasteiger partial charge in [-0.3, -0.25) is 24.2 Å². The molecule has 2 aromatic rings. The molecule has 15 heteroatoms. The minimum absolute atomic E-state index is 0. The van der Waals surface area contributed by atoms with Gasteiger partial charge in [0.1, 0.15) is 6.04 Å². The van der Waals surface area contributed by atoms with Crippen LogP contribution in [0.1, 0.15) is 26.1 Å². The molecule has 0 saturated carbocycles. The van der Waals surface area contributed by atoms with E-state index in [-0.39, 0.29) is 84.3 Å². The molecule has 3 rings (SSSR count). The number of anilines is 4. The SMILES string of the molecule is Nc1nc2c(c(=O)[nH]1)N(C=O)C(CNc1ccc(C(=O)N[C@@H](CCC(=O)O)C(=O)O)cc1)CN2.[H-].[H-].[Sr+2]. The zero-order valence-electron chi connectivity index (χ0n) is 20.5. The summed E-state index contributed by atoms with van der Waals surface area (Å²) in [6, 6.07) is 4.36. The van der Waals surface area contributed by atoms with Gasteiger partial charge in [0.2, 0.25) is 12.4 Å². The summed E-state index contributed by atoms with van der Waals surface area (Å²) in [4.78, 5) is 65.7. The van der Waals surface area contributed by atoms with Crippen LogP contribution in [0.25, 0.3) is 0 Å². The fourth-order valence-electron chi connectivity index (χ4n) is 3.39. The number of hydrogen-bond acceptors (Lipinski definition) is 9. The number of nitrogen functional groups attached to an aromatic ring is 1. The van der Waals surface area contributed by atoms with Crippen LogP contribution in [0.3, 0.4) is 0 Å². The fourth-order valence-corrected chi connectivity index (χ4v) is 3.39. The fraction of sp³-hybridized carbons (Fsp3) is 0.300. The number of nitrogens with one attached hydrogen (secondary N) is 4. The van der Waals surface area contributed by atoms with Crippen LogP contribution in [0, 0.1) is 0 Å². The second kappa shape index (κ2) is 12.5. The average molecular weight is 563 g/mol. The van der Waals surface area contributed by atoms with Crippen LogP contribution in [0.5, 0.6) is 0 Å². The van der Waals surface area contributed by atoms with E-state index in [9.17, 15) is 29.1 Å². The standard InChI is InChI=1S/C20H23N7O7.Sr.2H/c21-20-25-16-15(18(32)26-20)27(9-28)12(8-23-16)7-22-11-3-1-10(2-4-11)17(31)24-13(19(33)34)5-6-14(29)30;;;/h1-4,9,12-13,22H,5-8H2,(H,24,31)(H,29,30)(H,33,34)(H4,21,23,25,26,32);;;/q;+2;2*-1/t12?,13-;;;/m0.../s1. The van der Waals surface area contributed by atoms with Crippen molar-refractivity contribution in [1.82, 2.24) is 15.3 Å². The van der Waals surface area contributed by atoms with E-state index < -0.39 is 41.9 Å². The third-order valence-electron chi connectivity index (χ3n) is 5.12. The van der Waals surface area contributed by atoms with Crippen LogP contribution in [0.2, 0.25) is 0 Å². The maximum absolute atomic E-state index is 12.3. The molecular weight excluding hydrogens is 538 g/mol. The van der Waals surface area contributed by atoms with E-state index in [0.29, 0.717) is 18.6 Å². The summed E-state index contributed by atoms with van der Waals surface area (Å²) in [5.41, 5.74) is 5.84. The molecule has 1 aliphatic rings. The van der Waals surface area contributed by atoms with Crippen molar-refractivity contribution < 1.29 is 32.2 Å². The van der Waals surface area contributed by atoms with Crippen molar-refractivity contribution in [2.75, 3.05) is 34.4 Å². The molecule has 1 unspecified atom stereocenters. The van der Waals surface area contributed by atoms with Crippen molar-refractivity contribution in [2.45, 2.75) is 24.9 Å². The number of amides is 2. The van der Waals surface area contributed by atoms with Crippen molar-refractivity contribution in [2.24, 2.45) is 0 Å². The Balaban J connectivity index is 0.00000432. The summed E-state index contributed by atoms with van der Waals surface area (Å²) in [6.07, 6.45) is -0.101. The van der Waals surface area contributed by atoms with E-state index in [1.165, 1.54) is 17.0 Å². The summed E-state index contributed by atoms with van der Waals surface area (Å²) in [5.74, 6) is -3.00. The molecule has 1 aliphatic heterocycles. The summed E-state index contributed by atoms with van der Waals surface area (Å²) in [7, 11) is 0. The van der Waals surface area contributed by atoms with Crippen molar-refractivity contribution in [3.8, 4) is 0 Å². The molecule has 0 radical (unpaired) electrons. The van der Waals surface area contributed by atoms with E-state index in [1.54, 1.807) is 12.1 Å². The molecule has 0 bridgehead atoms. The maximum atomic E-state index is 12.3. The monoisotopic (exact) mass is 563 g/mol. The first-order valence-electron chi connectivity index (χ1n) is 10.2. The largest absolute Gasteiger partial charge is 2.00 e. The van der Waals surface area contributed by atoms with Crippen molar-refractivity contribution in [3.05, 3.63) is 40.2 Å². The summed E-state index contributed by atoms with van der Waals surface area (Å²) < 4.78 is 0. The number of rotatable bonds is 10. The third kappa shape index (κ3) is 7.17. The van der Waals surface area contributed by atoms with Gasteiger partial charge in [-0.15, -0.1) is 0 Å². The predicted octanol–water partition coefficient (Wildman–Crippen LogP) is -0.887. The molecule has 2 atom stereocenters. The molecule has 0 aliphatic carbocycles. The minimum Gasteiger partial charge on any atom is -1.00 e. The quantitative estimate of drug-likeness (QED) is 0.139. The van der Waals surface area contributed by atoms with E-state index in [0.717, 1.165) is 0 Å². The van der Waals surface area contributed by atoms with E-state index in [4.69, 9.17) is 10.8 Å². The Bertz CT molecular complexity index is 1170. The van der Waals surface area contributed by atoms with Gasteiger partial charge in [0.15, 0.2) is 11.5 Å². The number of nitrogens with two attached hydrogens (primary N) is 1. The summed E-state index contributed by atoms with van der Waals surface area (Å²) in [5, 5.41) is 26.3. The molecule has 8 N–H and O–H groups in total. The van der Waals surface area contributed by atoms with Crippen molar-refractivity contribution in [3.63, 3.8) is 0 Å². The molecule has 35 heavy (non-hydrogen) atoms. The number of benzene rings is 1. The molecule has 184 valence electrons. The zero-order valence-corrected chi connectivity index (χ0v) is 22.0. The van der Waals surface area contributed by atoms with Gasteiger partial charge >= 0.3 is 57.4 Å². The molecule has 0 spiro atoms. The summed E-state index contributed by atoms with van der Waals surface area (Å²) in [6.45, 7) is 0.568. The van der Waals surface area contributed by atoms with Gasteiger partial charge in [0.05, 0.1) is 6.04 Å². The third-order valence-corrected chi connectivity index (χ3v) is 5.12. The number of carbonyl (C=O) groups is 4. The summed E-state index contributed by atoms with van der Waals surface area (Å²) >= 11 is 0. The minimum atomic E-state index is -1.33. The van der Waals surface area contributed by atoms with Gasteiger partial charge in [0, 0.05) is 30.8 Å². The van der Waals surface area contributed by atoms with Gasteiger partial charge in [-0.05, 0) is 30.7 Å². The van der Waals surface area contributed by atoms with Crippen LogP contribution in [0.4, 0.5) is 23.1 Å². The number of nitrogens with zero attached hydrogens (tertiary/aromatic N) is 2. The first-order valence-corrected chi connectivity index (χ1v) is 10.2. The zero-order chi connectivity index (χ0) is 24.8. The van der Waals surface area contributed by atoms with Crippen LogP contribution in [-0.2, 0) is 14.4 Å². The topological polar surface area (TPSA) is 220 Å². The van der Waals surface area contributed by atoms with E-state index >= 15 is 0 Å². The molecule has 14 nitrogen and oxygen atoms in total. The first-order chi connectivity index (χ1) is 16.2. The maximum Gasteiger partial charge on any atom is 2.00 e. The number of H-pyrrole nitrogens is 1. The Morgan fingerprint density at radius 3 is 2.57 bits per heavy atom. The Kier molecular flexibility index (Phi) is 10.1. The van der Waals surface area contributed by atoms with Crippen LogP contribution < -0.4 is 32.1 Å². The molecule has 0 saturated heterocycles. The van der Waals surface area contributed by atoms with Crippen LogP contribution in [0.15, 0.2) is 29.1 Å². The number of hydrogen-bond donors (Lipinski definition) is 7. The predicted molar refractivity (Wildman–Crippen MR) is 129 cm³/mol. The molecule has 2 heterocycles. The Morgan fingerprint density at radius 1 is 1.29 bits per heavy atom. The smallest absolute Gasteiger partial charge is 1.00 e. The molecule has 1 aromatic carbocycles. The second-order valence-electron chi connectivity index (χ2n) is 7.45. The van der Waals surface area contributed by atoms with Gasteiger partial charge in [0.25, 0.3) is 11.5 Å². The second-order valence-corrected chi connectivity index (χ2v) is 7.45. The van der Waals surface area contributed by atoms with Gasteiger partial charge in [-0.1, -0.05) is 0 Å². The molecule has 2 amide bonds. The van der Waals surface area contributed by atoms with E-state index in [2.05, 4.69) is 25.9 Å². The normalized spacial score (nSPS) is 15.0. The van der Waals surface area contributed by atoms with Gasteiger partial charge in [-0.25, -0.2) is 4.79 Å². The number of carboxylic acids is 2. The Hall–Kier alpha value is -3.14. The molecular formula is C20H25N7O7Sr. The molecule has 1 aromatic heterocycles. The number of aliphatic carboxylic acids is 2. The Labute approximate surface area is 238 Å². The van der Waals surface area contributed by atoms with E-state index in [1.807, 2.05) is 0 Å². The number of aromatic amines is 1. The van der Waals surface area contributed by atoms with Gasteiger partial charge in [-0.2, -0.15) is 4.98 Å². The number of carbonyl (C=O) groups excluding carboxylic acids is 2. The average Bonchev–Trinajstić information content (AvgIpc) is 2.79. The Morgan fingerprint density at radius 2 is 1.97 bits per heavy atom. The first kappa shape index (κ1) is 28.1. The number of carboxylic acid groups (broad SMARTS) is 2. The van der Waals surface area contributed by atoms with Crippen LogP contribution >= 0.6 is 0 Å².